The largest absolute Gasteiger partial charge is 0.489 e. The maximum absolute atomic E-state index is 5.94. The van der Waals surface area contributed by atoms with Gasteiger partial charge in [0.1, 0.15) is 5.75 Å². The van der Waals surface area contributed by atoms with E-state index in [4.69, 9.17) is 4.74 Å². The molecular formula is C13H18BrNO. The van der Waals surface area contributed by atoms with Crippen LogP contribution in [-0.2, 0) is 0 Å². The second kappa shape index (κ2) is 5.67. The number of hydrogen-bond acceptors (Lipinski definition) is 2. The van der Waals surface area contributed by atoms with E-state index < -0.39 is 0 Å². The van der Waals surface area contributed by atoms with Crippen molar-refractivity contribution in [2.45, 2.75) is 45.1 Å². The molecule has 0 N–H and O–H groups in total. The molecule has 0 amide bonds. The van der Waals surface area contributed by atoms with E-state index in [2.05, 4.69) is 27.8 Å². The Morgan fingerprint density at radius 1 is 1.31 bits per heavy atom. The summed E-state index contributed by atoms with van der Waals surface area (Å²) in [5.41, 5.74) is 0. The van der Waals surface area contributed by atoms with Crippen molar-refractivity contribution in [3.8, 4) is 5.75 Å². The minimum atomic E-state index is 0.388. The molecule has 1 aromatic heterocycles. The van der Waals surface area contributed by atoms with Crippen LogP contribution in [-0.4, -0.2) is 11.1 Å². The number of halogens is 1. The van der Waals surface area contributed by atoms with Gasteiger partial charge in [-0.25, -0.2) is 0 Å². The summed E-state index contributed by atoms with van der Waals surface area (Å²) < 4.78 is 6.92. The average molecular weight is 284 g/mol. The van der Waals surface area contributed by atoms with Crippen LogP contribution in [0.25, 0.3) is 0 Å². The molecule has 1 aromatic rings. The summed E-state index contributed by atoms with van der Waals surface area (Å²) >= 11 is 3.41. The molecule has 0 radical (unpaired) electrons. The third-order valence-electron chi connectivity index (χ3n) is 3.35. The first kappa shape index (κ1) is 11.9. The van der Waals surface area contributed by atoms with Crippen molar-refractivity contribution in [2.24, 2.45) is 5.92 Å². The van der Waals surface area contributed by atoms with E-state index in [0.717, 1.165) is 16.1 Å². The molecule has 0 bridgehead atoms. The molecule has 0 spiro atoms. The summed E-state index contributed by atoms with van der Waals surface area (Å²) in [7, 11) is 0. The molecule has 16 heavy (non-hydrogen) atoms. The zero-order valence-electron chi connectivity index (χ0n) is 9.66. The van der Waals surface area contributed by atoms with Gasteiger partial charge in [0.2, 0.25) is 0 Å². The molecule has 1 heterocycles. The number of nitrogens with zero attached hydrogens (tertiary/aromatic N) is 1. The number of hydrogen-bond donors (Lipinski definition) is 0. The monoisotopic (exact) mass is 283 g/mol. The quantitative estimate of drug-likeness (QED) is 0.830. The zero-order chi connectivity index (χ0) is 11.4. The van der Waals surface area contributed by atoms with Crippen molar-refractivity contribution >= 4 is 15.9 Å². The highest BCUT2D eigenvalue weighted by molar-refractivity contribution is 9.10. The van der Waals surface area contributed by atoms with E-state index in [9.17, 15) is 0 Å². The number of rotatable bonds is 3. The molecule has 2 rings (SSSR count). The molecule has 0 saturated heterocycles. The van der Waals surface area contributed by atoms with E-state index in [1.807, 2.05) is 6.07 Å². The molecule has 1 aliphatic rings. The lowest BCUT2D eigenvalue weighted by Gasteiger charge is -2.28. The van der Waals surface area contributed by atoms with Crippen LogP contribution < -0.4 is 4.74 Å². The van der Waals surface area contributed by atoms with Gasteiger partial charge in [-0.15, -0.1) is 0 Å². The summed E-state index contributed by atoms with van der Waals surface area (Å²) in [6, 6.07) is 1.99. The minimum Gasteiger partial charge on any atom is -0.489 e. The zero-order valence-corrected chi connectivity index (χ0v) is 11.2. The Morgan fingerprint density at radius 2 is 2.06 bits per heavy atom. The summed E-state index contributed by atoms with van der Waals surface area (Å²) in [6.45, 7) is 2.28. The van der Waals surface area contributed by atoms with Crippen molar-refractivity contribution in [1.82, 2.24) is 4.98 Å². The molecule has 88 valence electrons. The van der Waals surface area contributed by atoms with E-state index in [1.54, 1.807) is 12.4 Å². The first-order valence-corrected chi connectivity index (χ1v) is 6.84. The SMILES string of the molecule is CCC1CCC(Oc2cncc(Br)c2)CC1. The fourth-order valence-electron chi connectivity index (χ4n) is 2.31. The van der Waals surface area contributed by atoms with Crippen LogP contribution in [0.5, 0.6) is 5.75 Å². The molecule has 0 unspecified atom stereocenters. The molecule has 3 heteroatoms. The summed E-state index contributed by atoms with van der Waals surface area (Å²) in [5.74, 6) is 1.80. The third kappa shape index (κ3) is 3.21. The number of pyridine rings is 1. The van der Waals surface area contributed by atoms with Crippen LogP contribution in [0.15, 0.2) is 22.9 Å². The van der Waals surface area contributed by atoms with Gasteiger partial charge in [0.15, 0.2) is 0 Å². The molecule has 1 saturated carbocycles. The fourth-order valence-corrected chi connectivity index (χ4v) is 2.65. The van der Waals surface area contributed by atoms with Crippen molar-refractivity contribution < 1.29 is 4.74 Å². The van der Waals surface area contributed by atoms with Crippen LogP contribution in [0.4, 0.5) is 0 Å². The van der Waals surface area contributed by atoms with Crippen molar-refractivity contribution in [2.75, 3.05) is 0 Å². The van der Waals surface area contributed by atoms with E-state index in [-0.39, 0.29) is 0 Å². The van der Waals surface area contributed by atoms with Gasteiger partial charge in [0, 0.05) is 10.7 Å². The first-order chi connectivity index (χ1) is 7.78. The van der Waals surface area contributed by atoms with Gasteiger partial charge in [-0.05, 0) is 53.6 Å². The van der Waals surface area contributed by atoms with E-state index >= 15 is 0 Å². The predicted molar refractivity (Wildman–Crippen MR) is 68.6 cm³/mol. The van der Waals surface area contributed by atoms with Crippen LogP contribution in [0.1, 0.15) is 39.0 Å². The van der Waals surface area contributed by atoms with Crippen LogP contribution in [0.2, 0.25) is 0 Å². The summed E-state index contributed by atoms with van der Waals surface area (Å²) in [6.07, 6.45) is 10.3. The molecule has 2 nitrogen and oxygen atoms in total. The van der Waals surface area contributed by atoms with Gasteiger partial charge in [0.05, 0.1) is 12.3 Å². The highest BCUT2D eigenvalue weighted by Crippen LogP contribution is 2.29. The Bertz CT molecular complexity index is 334. The highest BCUT2D eigenvalue weighted by Gasteiger charge is 2.21. The molecule has 1 aliphatic carbocycles. The highest BCUT2D eigenvalue weighted by atomic mass is 79.9. The molecule has 0 aromatic carbocycles. The molecular weight excluding hydrogens is 266 g/mol. The van der Waals surface area contributed by atoms with Crippen LogP contribution in [0.3, 0.4) is 0 Å². The molecule has 1 fully saturated rings. The summed E-state index contributed by atoms with van der Waals surface area (Å²) in [4.78, 5) is 4.11. The first-order valence-electron chi connectivity index (χ1n) is 6.05. The minimum absolute atomic E-state index is 0.388. The van der Waals surface area contributed by atoms with Gasteiger partial charge in [-0.3, -0.25) is 4.98 Å². The maximum Gasteiger partial charge on any atom is 0.139 e. The van der Waals surface area contributed by atoms with Crippen LogP contribution in [0, 0.1) is 5.92 Å². The average Bonchev–Trinajstić information content (AvgIpc) is 2.30. The Morgan fingerprint density at radius 3 is 2.69 bits per heavy atom. The Balaban J connectivity index is 1.87. The number of aromatic nitrogens is 1. The lowest BCUT2D eigenvalue weighted by Crippen LogP contribution is -2.23. The maximum atomic E-state index is 5.94. The number of ether oxygens (including phenoxy) is 1. The summed E-state index contributed by atoms with van der Waals surface area (Å²) in [5, 5.41) is 0. The van der Waals surface area contributed by atoms with Gasteiger partial charge in [0.25, 0.3) is 0 Å². The van der Waals surface area contributed by atoms with Gasteiger partial charge < -0.3 is 4.74 Å². The smallest absolute Gasteiger partial charge is 0.139 e. The second-order valence-corrected chi connectivity index (χ2v) is 5.42. The molecule has 0 atom stereocenters. The van der Waals surface area contributed by atoms with E-state index in [1.165, 1.54) is 32.1 Å². The fraction of sp³-hybridized carbons (Fsp3) is 0.615. The van der Waals surface area contributed by atoms with Gasteiger partial charge in [-0.1, -0.05) is 13.3 Å². The lowest BCUT2D eigenvalue weighted by molar-refractivity contribution is 0.129. The predicted octanol–water partition coefficient (Wildman–Crippen LogP) is 4.19. The topological polar surface area (TPSA) is 22.1 Å². The third-order valence-corrected chi connectivity index (χ3v) is 3.79. The standard InChI is InChI=1S/C13H18BrNO/c1-2-10-3-5-12(6-4-10)16-13-7-11(14)8-15-9-13/h7-10,12H,2-6H2,1H3. The molecule has 0 aliphatic heterocycles. The van der Waals surface area contributed by atoms with Crippen molar-refractivity contribution in [3.63, 3.8) is 0 Å². The Hall–Kier alpha value is -0.570. The van der Waals surface area contributed by atoms with Gasteiger partial charge in [-0.2, -0.15) is 0 Å². The van der Waals surface area contributed by atoms with Gasteiger partial charge >= 0.3 is 0 Å². The lowest BCUT2D eigenvalue weighted by atomic mass is 9.86. The second-order valence-electron chi connectivity index (χ2n) is 4.51. The van der Waals surface area contributed by atoms with Crippen molar-refractivity contribution in [3.05, 3.63) is 22.9 Å². The Labute approximate surface area is 106 Å². The van der Waals surface area contributed by atoms with E-state index in [0.29, 0.717) is 6.10 Å². The normalized spacial score (nSPS) is 25.4. The Kier molecular flexibility index (Phi) is 4.22. The van der Waals surface area contributed by atoms with Crippen molar-refractivity contribution in [1.29, 1.82) is 0 Å². The van der Waals surface area contributed by atoms with Crippen LogP contribution >= 0.6 is 15.9 Å².